The molecule has 0 saturated heterocycles. The summed E-state index contributed by atoms with van der Waals surface area (Å²) in [5, 5.41) is 3.55. The fraction of sp³-hybridized carbons (Fsp3) is 0.714. The maximum atomic E-state index is 3.55. The van der Waals surface area contributed by atoms with Crippen molar-refractivity contribution in [3.63, 3.8) is 0 Å². The first-order valence-corrected chi connectivity index (χ1v) is 7.97. The van der Waals surface area contributed by atoms with Crippen molar-refractivity contribution in [3.05, 3.63) is 20.8 Å². The third kappa shape index (κ3) is 7.22. The van der Waals surface area contributed by atoms with Crippen LogP contribution in [0.3, 0.4) is 0 Å². The van der Waals surface area contributed by atoms with Crippen LogP contribution >= 0.6 is 27.3 Å². The van der Waals surface area contributed by atoms with Gasteiger partial charge in [0.15, 0.2) is 0 Å². The molecule has 0 aromatic carbocycles. The Balaban J connectivity index is 2.15. The van der Waals surface area contributed by atoms with E-state index in [2.05, 4.69) is 61.1 Å². The zero-order valence-corrected chi connectivity index (χ0v) is 13.7. The van der Waals surface area contributed by atoms with E-state index >= 15 is 0 Å². The van der Waals surface area contributed by atoms with Crippen molar-refractivity contribution in [1.82, 2.24) is 5.32 Å². The monoisotopic (exact) mass is 317 g/mol. The molecule has 17 heavy (non-hydrogen) atoms. The highest BCUT2D eigenvalue weighted by molar-refractivity contribution is 9.11. The highest BCUT2D eigenvalue weighted by Gasteiger charge is 2.09. The van der Waals surface area contributed by atoms with E-state index in [0.29, 0.717) is 0 Å². The Morgan fingerprint density at radius 3 is 2.53 bits per heavy atom. The number of nitrogens with one attached hydrogen (secondary N) is 1. The molecule has 0 radical (unpaired) electrons. The minimum Gasteiger partial charge on any atom is -0.312 e. The summed E-state index contributed by atoms with van der Waals surface area (Å²) in [7, 11) is 0. The molecule has 0 fully saturated rings. The standard InChI is InChI=1S/C14H24BrNS/c1-11(9-10-16-14(2,3)4)5-6-12-7-8-13(15)17-12/h7-8,11,16H,5-6,9-10H2,1-4H3. The second kappa shape index (κ2) is 6.91. The van der Waals surface area contributed by atoms with Crippen molar-refractivity contribution < 1.29 is 0 Å². The number of aryl methyl sites for hydroxylation is 1. The van der Waals surface area contributed by atoms with Crippen LogP contribution in [0.25, 0.3) is 0 Å². The van der Waals surface area contributed by atoms with Crippen LogP contribution in [-0.2, 0) is 6.42 Å². The van der Waals surface area contributed by atoms with Crippen molar-refractivity contribution >= 4 is 27.3 Å². The van der Waals surface area contributed by atoms with E-state index in [1.54, 1.807) is 0 Å². The van der Waals surface area contributed by atoms with Crippen LogP contribution in [0.2, 0.25) is 0 Å². The highest BCUT2D eigenvalue weighted by Crippen LogP contribution is 2.24. The number of hydrogen-bond acceptors (Lipinski definition) is 2. The van der Waals surface area contributed by atoms with Gasteiger partial charge in [-0.15, -0.1) is 11.3 Å². The SMILES string of the molecule is CC(CCNC(C)(C)C)CCc1ccc(Br)s1. The third-order valence-corrected chi connectivity index (χ3v) is 4.49. The van der Waals surface area contributed by atoms with Crippen LogP contribution in [0, 0.1) is 5.92 Å². The predicted octanol–water partition coefficient (Wildman–Crippen LogP) is 4.86. The Morgan fingerprint density at radius 1 is 1.29 bits per heavy atom. The molecule has 1 aromatic heterocycles. The maximum Gasteiger partial charge on any atom is 0.0701 e. The molecule has 1 rings (SSSR count). The van der Waals surface area contributed by atoms with Crippen molar-refractivity contribution in [2.24, 2.45) is 5.92 Å². The van der Waals surface area contributed by atoms with Gasteiger partial charge in [0.2, 0.25) is 0 Å². The lowest BCUT2D eigenvalue weighted by atomic mass is 10.0. The van der Waals surface area contributed by atoms with Crippen LogP contribution < -0.4 is 5.32 Å². The lowest BCUT2D eigenvalue weighted by Gasteiger charge is -2.21. The van der Waals surface area contributed by atoms with Crippen LogP contribution in [-0.4, -0.2) is 12.1 Å². The first kappa shape index (κ1) is 15.2. The average molecular weight is 318 g/mol. The molecule has 0 saturated carbocycles. The normalized spacial score (nSPS) is 13.9. The largest absolute Gasteiger partial charge is 0.312 e. The summed E-state index contributed by atoms with van der Waals surface area (Å²) >= 11 is 5.37. The topological polar surface area (TPSA) is 12.0 Å². The van der Waals surface area contributed by atoms with Crippen LogP contribution in [0.5, 0.6) is 0 Å². The van der Waals surface area contributed by atoms with Crippen molar-refractivity contribution in [1.29, 1.82) is 0 Å². The summed E-state index contributed by atoms with van der Waals surface area (Å²) in [5.41, 5.74) is 0.248. The molecule has 0 bridgehead atoms. The summed E-state index contributed by atoms with van der Waals surface area (Å²) in [6.45, 7) is 10.1. The van der Waals surface area contributed by atoms with E-state index in [0.717, 1.165) is 12.5 Å². The molecular formula is C14H24BrNS. The van der Waals surface area contributed by atoms with Gasteiger partial charge in [0, 0.05) is 10.4 Å². The highest BCUT2D eigenvalue weighted by atomic mass is 79.9. The molecular weight excluding hydrogens is 294 g/mol. The van der Waals surface area contributed by atoms with Crippen molar-refractivity contribution in [2.75, 3.05) is 6.54 Å². The summed E-state index contributed by atoms with van der Waals surface area (Å²) in [5.74, 6) is 0.797. The Morgan fingerprint density at radius 2 is 2.00 bits per heavy atom. The smallest absolute Gasteiger partial charge is 0.0701 e. The Bertz CT molecular complexity index is 327. The molecule has 0 amide bonds. The molecule has 0 spiro atoms. The number of rotatable bonds is 6. The predicted molar refractivity (Wildman–Crippen MR) is 81.9 cm³/mol. The number of hydrogen-bond donors (Lipinski definition) is 1. The van der Waals surface area contributed by atoms with E-state index in [9.17, 15) is 0 Å². The zero-order valence-electron chi connectivity index (χ0n) is 11.3. The van der Waals surface area contributed by atoms with Gasteiger partial charge in [-0.3, -0.25) is 0 Å². The molecule has 1 aromatic rings. The van der Waals surface area contributed by atoms with Crippen molar-refractivity contribution in [3.8, 4) is 0 Å². The second-order valence-electron chi connectivity index (χ2n) is 5.82. The lowest BCUT2D eigenvalue weighted by Crippen LogP contribution is -2.36. The molecule has 1 nitrogen and oxygen atoms in total. The summed E-state index contributed by atoms with van der Waals surface area (Å²) in [6.07, 6.45) is 3.77. The van der Waals surface area contributed by atoms with Gasteiger partial charge in [0.1, 0.15) is 0 Å². The first-order chi connectivity index (χ1) is 7.87. The third-order valence-electron chi connectivity index (χ3n) is 2.80. The van der Waals surface area contributed by atoms with E-state index < -0.39 is 0 Å². The van der Waals surface area contributed by atoms with Gasteiger partial charge in [-0.05, 0) is 80.6 Å². The van der Waals surface area contributed by atoms with Gasteiger partial charge < -0.3 is 5.32 Å². The fourth-order valence-electron chi connectivity index (χ4n) is 1.71. The van der Waals surface area contributed by atoms with Gasteiger partial charge in [-0.25, -0.2) is 0 Å². The molecule has 0 aliphatic heterocycles. The maximum absolute atomic E-state index is 3.55. The van der Waals surface area contributed by atoms with E-state index in [1.165, 1.54) is 27.9 Å². The van der Waals surface area contributed by atoms with Gasteiger partial charge in [0.25, 0.3) is 0 Å². The summed E-state index contributed by atoms with van der Waals surface area (Å²) in [4.78, 5) is 1.49. The molecule has 1 N–H and O–H groups in total. The fourth-order valence-corrected chi connectivity index (χ4v) is 3.21. The Hall–Kier alpha value is 0.140. The molecule has 0 aliphatic carbocycles. The van der Waals surface area contributed by atoms with E-state index in [-0.39, 0.29) is 5.54 Å². The zero-order chi connectivity index (χ0) is 12.9. The average Bonchev–Trinajstić information content (AvgIpc) is 2.59. The van der Waals surface area contributed by atoms with Gasteiger partial charge in [0.05, 0.1) is 3.79 Å². The van der Waals surface area contributed by atoms with E-state index in [1.807, 2.05) is 11.3 Å². The number of halogens is 1. The van der Waals surface area contributed by atoms with Gasteiger partial charge >= 0.3 is 0 Å². The number of thiophene rings is 1. The summed E-state index contributed by atoms with van der Waals surface area (Å²) < 4.78 is 1.24. The van der Waals surface area contributed by atoms with E-state index in [4.69, 9.17) is 0 Å². The Labute approximate surface area is 118 Å². The first-order valence-electron chi connectivity index (χ1n) is 6.36. The minimum atomic E-state index is 0.248. The van der Waals surface area contributed by atoms with Gasteiger partial charge in [-0.1, -0.05) is 6.92 Å². The molecule has 3 heteroatoms. The van der Waals surface area contributed by atoms with Crippen LogP contribution in [0.15, 0.2) is 15.9 Å². The second-order valence-corrected chi connectivity index (χ2v) is 8.36. The molecule has 1 atom stereocenters. The minimum absolute atomic E-state index is 0.248. The quantitative estimate of drug-likeness (QED) is 0.790. The Kier molecular flexibility index (Phi) is 6.18. The lowest BCUT2D eigenvalue weighted by molar-refractivity contribution is 0.387. The molecule has 1 unspecified atom stereocenters. The van der Waals surface area contributed by atoms with Crippen LogP contribution in [0.1, 0.15) is 45.4 Å². The molecule has 98 valence electrons. The molecule has 0 aliphatic rings. The van der Waals surface area contributed by atoms with Crippen molar-refractivity contribution in [2.45, 2.75) is 52.5 Å². The molecule has 1 heterocycles. The van der Waals surface area contributed by atoms with Gasteiger partial charge in [-0.2, -0.15) is 0 Å². The van der Waals surface area contributed by atoms with Crippen LogP contribution in [0.4, 0.5) is 0 Å². The summed E-state index contributed by atoms with van der Waals surface area (Å²) in [6, 6.07) is 4.38.